The van der Waals surface area contributed by atoms with Crippen LogP contribution in [0.3, 0.4) is 0 Å². The number of ether oxygens (including phenoxy) is 1. The van der Waals surface area contributed by atoms with Crippen LogP contribution in [-0.2, 0) is 19.1 Å². The summed E-state index contributed by atoms with van der Waals surface area (Å²) in [5, 5.41) is 21.9. The fraction of sp³-hybridized carbons (Fsp3) is 0.769. The first kappa shape index (κ1) is 37.5. The van der Waals surface area contributed by atoms with Crippen LogP contribution in [0.5, 0.6) is 0 Å². The Morgan fingerprint density at radius 2 is 1.53 bits per heavy atom. The summed E-state index contributed by atoms with van der Waals surface area (Å²) >= 11 is 0. The Morgan fingerprint density at radius 1 is 0.936 bits per heavy atom. The molecule has 0 aromatic heterocycles. The number of rotatable bonds is 17. The van der Waals surface area contributed by atoms with E-state index in [1.807, 2.05) is 0 Å². The zero-order chi connectivity index (χ0) is 34.5. The van der Waals surface area contributed by atoms with Crippen LogP contribution >= 0.6 is 0 Å². The number of allylic oxidation sites excluding steroid dienone is 6. The summed E-state index contributed by atoms with van der Waals surface area (Å²) in [7, 11) is 0. The van der Waals surface area contributed by atoms with Gasteiger partial charge in [-0.15, -0.1) is 0 Å². The number of fused-ring (bicyclic) bond motifs is 5. The zero-order valence-electron chi connectivity index (χ0n) is 29.1. The van der Waals surface area contributed by atoms with E-state index in [4.69, 9.17) is 4.74 Å². The Hall–Kier alpha value is -2.35. The number of carboxylic acid groups (broad SMARTS) is 1. The first-order valence-corrected chi connectivity index (χ1v) is 18.3. The summed E-state index contributed by atoms with van der Waals surface area (Å²) in [4.78, 5) is 38.0. The van der Waals surface area contributed by atoms with E-state index in [9.17, 15) is 24.6 Å². The fourth-order valence-electron chi connectivity index (χ4n) is 9.85. The van der Waals surface area contributed by atoms with Crippen LogP contribution in [0.25, 0.3) is 0 Å². The Labute approximate surface area is 280 Å². The minimum Gasteiger partial charge on any atom is -0.481 e. The van der Waals surface area contributed by atoms with Gasteiger partial charge in [0.15, 0.2) is 11.5 Å². The molecule has 3 fully saturated rings. The summed E-state index contributed by atoms with van der Waals surface area (Å²) in [6.45, 7) is 7.06. The molecule has 3 saturated carbocycles. The Kier molecular flexibility index (Phi) is 12.3. The number of aliphatic hydroxyl groups excluding tert-OH is 1. The molecule has 0 aromatic carbocycles. The third-order valence-corrected chi connectivity index (χ3v) is 12.2. The Morgan fingerprint density at radius 3 is 2.15 bits per heavy atom. The molecule has 0 unspecified atom stereocenters. The van der Waals surface area contributed by atoms with Crippen molar-refractivity contribution in [2.45, 2.75) is 160 Å². The van der Waals surface area contributed by atoms with E-state index in [-0.39, 0.29) is 31.3 Å². The van der Waals surface area contributed by atoms with Crippen LogP contribution < -0.4 is 0 Å². The molecule has 4 aliphatic carbocycles. The van der Waals surface area contributed by atoms with Crippen molar-refractivity contribution in [1.82, 2.24) is 0 Å². The summed E-state index contributed by atoms with van der Waals surface area (Å²) < 4.78 is 39.1. The average Bonchev–Trinajstić information content (AvgIpc) is 3.23. The fourth-order valence-corrected chi connectivity index (χ4v) is 9.85. The van der Waals surface area contributed by atoms with Crippen LogP contribution in [0.15, 0.2) is 36.0 Å². The van der Waals surface area contributed by atoms with Crippen LogP contribution in [0.4, 0.5) is 8.78 Å². The highest BCUT2D eigenvalue weighted by Crippen LogP contribution is 2.71. The van der Waals surface area contributed by atoms with E-state index in [0.29, 0.717) is 6.42 Å². The largest absolute Gasteiger partial charge is 0.481 e. The maximum Gasteiger partial charge on any atom is 0.311 e. The number of unbranched alkanes of at least 4 members (excludes halogenated alkanes) is 11. The molecule has 0 saturated heterocycles. The Balaban J connectivity index is 1.30. The summed E-state index contributed by atoms with van der Waals surface area (Å²) in [5.74, 6) is -4.95. The number of aliphatic carboxylic acids is 1. The molecule has 0 radical (unpaired) electrons. The molecule has 9 atom stereocenters. The van der Waals surface area contributed by atoms with Crippen LogP contribution in [-0.4, -0.2) is 51.5 Å². The van der Waals surface area contributed by atoms with E-state index in [0.717, 1.165) is 44.6 Å². The van der Waals surface area contributed by atoms with Crippen molar-refractivity contribution >= 4 is 17.7 Å². The van der Waals surface area contributed by atoms with Gasteiger partial charge in [-0.2, -0.15) is 0 Å². The van der Waals surface area contributed by atoms with E-state index in [1.165, 1.54) is 57.6 Å². The van der Waals surface area contributed by atoms with Crippen molar-refractivity contribution in [3.05, 3.63) is 36.0 Å². The topological polar surface area (TPSA) is 101 Å². The minimum atomic E-state index is -2.31. The van der Waals surface area contributed by atoms with E-state index < -0.39 is 69.9 Å². The molecular weight excluding hydrogens is 602 g/mol. The molecule has 0 bridgehead atoms. The molecule has 2 N–H and O–H groups in total. The minimum absolute atomic E-state index is 0.0216. The number of alkyl halides is 2. The maximum atomic E-state index is 17.4. The standard InChI is InChI=1S/C39H58F2O6/c1-5-6-7-8-9-10-11-12-13-14-15-16-17-18-19-20-33(44)47-38(4)25-30-28-24-31(40)29-23-27(42)21-22-37(29,3)39(28,41)32(43)26-36(30,2)34(38)35(45)46/h12-13,21-23,28,30-32,34,43H,5-11,14-20,24-26H2,1-4H3,(H,45,46)/b13-12+/t28-,30-,31-,32-,34+,36-,37-,38+,39-/m0/s1. The number of carbonyl (C=O) groups is 3. The molecular formula is C39H58F2O6. The highest BCUT2D eigenvalue weighted by atomic mass is 19.1. The van der Waals surface area contributed by atoms with Crippen molar-refractivity contribution in [3.8, 4) is 0 Å². The van der Waals surface area contributed by atoms with Crippen molar-refractivity contribution in [1.29, 1.82) is 0 Å². The number of hydrogen-bond donors (Lipinski definition) is 2. The molecule has 4 rings (SSSR count). The normalized spacial score (nSPS) is 37.7. The molecule has 0 aromatic rings. The second-order valence-electron chi connectivity index (χ2n) is 15.5. The average molecular weight is 661 g/mol. The number of esters is 1. The summed E-state index contributed by atoms with van der Waals surface area (Å²) in [5.41, 5.74) is -6.41. The van der Waals surface area contributed by atoms with E-state index in [1.54, 1.807) is 13.8 Å². The molecule has 6 nitrogen and oxygen atoms in total. The van der Waals surface area contributed by atoms with Gasteiger partial charge in [0, 0.05) is 17.8 Å². The van der Waals surface area contributed by atoms with Gasteiger partial charge in [0.05, 0.1) is 6.10 Å². The number of ketones is 1. The molecule has 47 heavy (non-hydrogen) atoms. The lowest BCUT2D eigenvalue weighted by Crippen LogP contribution is -2.68. The highest BCUT2D eigenvalue weighted by molar-refractivity contribution is 6.01. The second-order valence-corrected chi connectivity index (χ2v) is 15.5. The zero-order valence-corrected chi connectivity index (χ0v) is 29.1. The van der Waals surface area contributed by atoms with Crippen molar-refractivity contribution in [3.63, 3.8) is 0 Å². The third-order valence-electron chi connectivity index (χ3n) is 12.2. The van der Waals surface area contributed by atoms with E-state index >= 15 is 8.78 Å². The number of carbonyl (C=O) groups excluding carboxylic acids is 2. The van der Waals surface area contributed by atoms with Gasteiger partial charge in [-0.25, -0.2) is 8.78 Å². The van der Waals surface area contributed by atoms with Gasteiger partial charge in [-0.3, -0.25) is 14.4 Å². The lowest BCUT2D eigenvalue weighted by atomic mass is 9.45. The number of carboxylic acids is 1. The van der Waals surface area contributed by atoms with Crippen LogP contribution in [0, 0.1) is 28.6 Å². The van der Waals surface area contributed by atoms with Crippen molar-refractivity contribution in [2.24, 2.45) is 28.6 Å². The van der Waals surface area contributed by atoms with Crippen molar-refractivity contribution < 1.29 is 38.1 Å². The third kappa shape index (κ3) is 7.47. The molecule has 264 valence electrons. The maximum absolute atomic E-state index is 17.4. The smallest absolute Gasteiger partial charge is 0.311 e. The molecule has 0 amide bonds. The summed E-state index contributed by atoms with van der Waals surface area (Å²) in [6.07, 6.45) is 19.6. The highest BCUT2D eigenvalue weighted by Gasteiger charge is 2.76. The molecule has 0 spiro atoms. The van der Waals surface area contributed by atoms with Gasteiger partial charge in [0.2, 0.25) is 0 Å². The lowest BCUT2D eigenvalue weighted by molar-refractivity contribution is -0.205. The van der Waals surface area contributed by atoms with Crippen LogP contribution in [0.2, 0.25) is 0 Å². The lowest BCUT2D eigenvalue weighted by Gasteiger charge is -2.62. The quantitative estimate of drug-likeness (QED) is 0.0918. The van der Waals surface area contributed by atoms with Gasteiger partial charge >= 0.3 is 11.9 Å². The number of hydrogen-bond acceptors (Lipinski definition) is 5. The SMILES string of the molecule is CCCCCCCC/C=C/CCCCCCCC(=O)O[C@]1(C)C[C@H]2[C@@H]3C[C@H](F)C4=CC(=O)C=C[C@]4(C)[C@@]3(F)[C@@H](O)C[C@]2(C)[C@H]1C(=O)O. The van der Waals surface area contributed by atoms with Gasteiger partial charge in [0.25, 0.3) is 0 Å². The Bertz CT molecular complexity index is 1230. The molecule has 0 aliphatic heterocycles. The second kappa shape index (κ2) is 15.5. The molecule has 0 heterocycles. The predicted octanol–water partition coefficient (Wildman–Crippen LogP) is 8.96. The van der Waals surface area contributed by atoms with Gasteiger partial charge < -0.3 is 14.9 Å². The van der Waals surface area contributed by atoms with Crippen molar-refractivity contribution in [2.75, 3.05) is 0 Å². The molecule has 4 aliphatic rings. The van der Waals surface area contributed by atoms with Crippen LogP contribution in [0.1, 0.15) is 137 Å². The van der Waals surface area contributed by atoms with Gasteiger partial charge in [-0.05, 0) is 94.3 Å². The number of halogens is 2. The predicted molar refractivity (Wildman–Crippen MR) is 179 cm³/mol. The van der Waals surface area contributed by atoms with Gasteiger partial charge in [0.1, 0.15) is 17.7 Å². The summed E-state index contributed by atoms with van der Waals surface area (Å²) in [6, 6.07) is 0. The first-order chi connectivity index (χ1) is 22.2. The monoisotopic (exact) mass is 660 g/mol. The number of aliphatic hydroxyl groups is 1. The first-order valence-electron chi connectivity index (χ1n) is 18.3. The molecule has 8 heteroatoms. The van der Waals surface area contributed by atoms with Gasteiger partial charge in [-0.1, -0.05) is 83.4 Å². The van der Waals surface area contributed by atoms with E-state index in [2.05, 4.69) is 19.1 Å².